The molecule has 0 aliphatic heterocycles. The second-order valence-corrected chi connectivity index (χ2v) is 8.36. The summed E-state index contributed by atoms with van der Waals surface area (Å²) in [6.45, 7) is 1.98. The van der Waals surface area contributed by atoms with Gasteiger partial charge in [-0.3, -0.25) is 0 Å². The molecule has 0 saturated heterocycles. The summed E-state index contributed by atoms with van der Waals surface area (Å²) in [6.07, 6.45) is 0.0589. The Bertz CT molecular complexity index is 1480. The summed E-state index contributed by atoms with van der Waals surface area (Å²) in [5, 5.41) is 9.77. The number of anilines is 1. The number of para-hydroxylation sites is 1. The van der Waals surface area contributed by atoms with Gasteiger partial charge in [0, 0.05) is 33.2 Å². The molecule has 3 N–H and O–H groups in total. The predicted molar refractivity (Wildman–Crippen MR) is 126 cm³/mol. The zero-order chi connectivity index (χ0) is 23.1. The highest BCUT2D eigenvalue weighted by Crippen LogP contribution is 2.36. The van der Waals surface area contributed by atoms with Crippen molar-refractivity contribution in [2.24, 2.45) is 0 Å². The molecule has 2 aromatic heterocycles. The van der Waals surface area contributed by atoms with Gasteiger partial charge in [-0.05, 0) is 36.8 Å². The van der Waals surface area contributed by atoms with Crippen molar-refractivity contribution in [3.8, 4) is 23.1 Å². The second kappa shape index (κ2) is 8.42. The molecule has 0 aliphatic carbocycles. The fraction of sp³-hybridized carbons (Fsp3) is 0.0833. The summed E-state index contributed by atoms with van der Waals surface area (Å²) in [5.41, 5.74) is 9.15. The molecule has 9 heteroatoms. The number of nitrogen functional groups attached to an aromatic ring is 1. The van der Waals surface area contributed by atoms with E-state index < -0.39 is 5.82 Å². The zero-order valence-corrected chi connectivity index (χ0v) is 18.8. The standard InChI is InChI=1S/C24H17Cl2FN4O2/c1-12-17-4-2-3-5-19(17)29-22(12)24-31-30-20(33-24)8-13-6-7-18(26)23(21(13)27)32-16-10-14(25)9-15(28)11-16/h2-7,9-11,29H,8,28H2,1H3. The molecule has 0 saturated carbocycles. The van der Waals surface area contributed by atoms with Crippen LogP contribution >= 0.6 is 23.2 Å². The Morgan fingerprint density at radius 2 is 1.91 bits per heavy atom. The normalized spacial score (nSPS) is 11.3. The number of hydrogen-bond acceptors (Lipinski definition) is 5. The van der Waals surface area contributed by atoms with E-state index in [9.17, 15) is 0 Å². The number of aryl methyl sites for hydroxylation is 1. The number of halogens is 3. The number of nitrogens with one attached hydrogen (secondary N) is 1. The Hall–Kier alpha value is -3.55. The molecule has 5 rings (SSSR count). The first-order chi connectivity index (χ1) is 15.9. The zero-order valence-electron chi connectivity index (χ0n) is 17.3. The van der Waals surface area contributed by atoms with E-state index in [1.807, 2.05) is 31.2 Å². The maximum absolute atomic E-state index is 15.3. The molecule has 0 spiro atoms. The highest BCUT2D eigenvalue weighted by Gasteiger charge is 2.20. The number of hydrogen-bond donors (Lipinski definition) is 2. The van der Waals surface area contributed by atoms with Crippen LogP contribution in [0.1, 0.15) is 17.0 Å². The van der Waals surface area contributed by atoms with Gasteiger partial charge in [-0.2, -0.15) is 0 Å². The van der Waals surface area contributed by atoms with Gasteiger partial charge in [-0.15, -0.1) is 10.2 Å². The summed E-state index contributed by atoms with van der Waals surface area (Å²) in [4.78, 5) is 3.29. The van der Waals surface area contributed by atoms with Crippen LogP contribution in [0.3, 0.4) is 0 Å². The fourth-order valence-corrected chi connectivity index (χ4v) is 4.07. The molecular weight excluding hydrogens is 466 g/mol. The van der Waals surface area contributed by atoms with Gasteiger partial charge in [0.2, 0.25) is 5.89 Å². The first-order valence-electron chi connectivity index (χ1n) is 10.00. The molecule has 0 amide bonds. The summed E-state index contributed by atoms with van der Waals surface area (Å²) in [6, 6.07) is 15.6. The molecule has 0 aliphatic rings. The fourth-order valence-electron chi connectivity index (χ4n) is 3.65. The summed E-state index contributed by atoms with van der Waals surface area (Å²) < 4.78 is 26.8. The number of ether oxygens (including phenoxy) is 1. The number of benzene rings is 3. The lowest BCUT2D eigenvalue weighted by molar-refractivity contribution is 0.437. The maximum Gasteiger partial charge on any atom is 0.264 e. The lowest BCUT2D eigenvalue weighted by Gasteiger charge is -2.12. The quantitative estimate of drug-likeness (QED) is 0.265. The number of nitrogens with two attached hydrogens (primary N) is 1. The van der Waals surface area contributed by atoms with Crippen LogP contribution in [-0.4, -0.2) is 15.2 Å². The molecule has 5 aromatic rings. The average Bonchev–Trinajstić information content (AvgIpc) is 3.37. The SMILES string of the molecule is Cc1c(-c2nnc(Cc3ccc(Cl)c(Oc4cc(N)cc(Cl)c4)c3F)o2)[nH]c2ccccc12. The average molecular weight is 483 g/mol. The van der Waals surface area contributed by atoms with Crippen LogP contribution in [0.5, 0.6) is 11.5 Å². The van der Waals surface area contributed by atoms with E-state index in [2.05, 4.69) is 15.2 Å². The van der Waals surface area contributed by atoms with Crippen LogP contribution in [0.4, 0.5) is 10.1 Å². The van der Waals surface area contributed by atoms with Gasteiger partial charge in [0.25, 0.3) is 5.89 Å². The molecule has 6 nitrogen and oxygen atoms in total. The first-order valence-corrected chi connectivity index (χ1v) is 10.8. The van der Waals surface area contributed by atoms with Crippen molar-refractivity contribution in [1.29, 1.82) is 0 Å². The van der Waals surface area contributed by atoms with Crippen molar-refractivity contribution >= 4 is 39.8 Å². The highest BCUT2D eigenvalue weighted by atomic mass is 35.5. The van der Waals surface area contributed by atoms with Crippen molar-refractivity contribution in [2.75, 3.05) is 5.73 Å². The van der Waals surface area contributed by atoms with E-state index in [0.29, 0.717) is 16.6 Å². The third-order valence-corrected chi connectivity index (χ3v) is 5.75. The van der Waals surface area contributed by atoms with Crippen molar-refractivity contribution in [3.05, 3.63) is 87.5 Å². The molecule has 166 valence electrons. The number of nitrogens with zero attached hydrogens (tertiary/aromatic N) is 2. The first kappa shape index (κ1) is 21.3. The van der Waals surface area contributed by atoms with Crippen molar-refractivity contribution < 1.29 is 13.5 Å². The second-order valence-electron chi connectivity index (χ2n) is 7.52. The molecule has 2 heterocycles. The summed E-state index contributed by atoms with van der Waals surface area (Å²) in [5.74, 6) is 0.0816. The highest BCUT2D eigenvalue weighted by molar-refractivity contribution is 6.32. The molecule has 3 aromatic carbocycles. The molecule has 33 heavy (non-hydrogen) atoms. The van der Waals surface area contributed by atoms with Crippen LogP contribution in [0.25, 0.3) is 22.5 Å². The van der Waals surface area contributed by atoms with E-state index in [0.717, 1.165) is 22.2 Å². The Morgan fingerprint density at radius 1 is 1.09 bits per heavy atom. The van der Waals surface area contributed by atoms with Crippen LogP contribution < -0.4 is 10.5 Å². The summed E-state index contributed by atoms with van der Waals surface area (Å²) in [7, 11) is 0. The van der Waals surface area contributed by atoms with Gasteiger partial charge in [0.15, 0.2) is 11.6 Å². The number of aromatic nitrogens is 3. The van der Waals surface area contributed by atoms with Gasteiger partial charge < -0.3 is 19.9 Å². The number of rotatable bonds is 5. The molecule has 0 unspecified atom stereocenters. The van der Waals surface area contributed by atoms with Gasteiger partial charge in [-0.1, -0.05) is 47.5 Å². The van der Waals surface area contributed by atoms with E-state index in [1.54, 1.807) is 18.2 Å². The van der Waals surface area contributed by atoms with Crippen LogP contribution in [0, 0.1) is 12.7 Å². The third-order valence-electron chi connectivity index (χ3n) is 5.23. The molecule has 0 radical (unpaired) electrons. The minimum absolute atomic E-state index is 0.0589. The Balaban J connectivity index is 1.44. The van der Waals surface area contributed by atoms with E-state index in [4.69, 9.17) is 38.1 Å². The predicted octanol–water partition coefficient (Wildman–Crippen LogP) is 6.94. The van der Waals surface area contributed by atoms with Crippen LogP contribution in [0.15, 0.2) is 59.0 Å². The third kappa shape index (κ3) is 4.13. The molecule has 0 bridgehead atoms. The number of fused-ring (bicyclic) bond motifs is 1. The maximum atomic E-state index is 15.3. The van der Waals surface area contributed by atoms with Gasteiger partial charge >= 0.3 is 0 Å². The van der Waals surface area contributed by atoms with Crippen LogP contribution in [0.2, 0.25) is 10.0 Å². The Morgan fingerprint density at radius 3 is 2.70 bits per heavy atom. The van der Waals surface area contributed by atoms with Crippen molar-refractivity contribution in [1.82, 2.24) is 15.2 Å². The molecular formula is C24H17Cl2FN4O2. The topological polar surface area (TPSA) is 90.0 Å². The minimum atomic E-state index is -0.636. The van der Waals surface area contributed by atoms with Gasteiger partial charge in [0.1, 0.15) is 11.4 Å². The van der Waals surface area contributed by atoms with Gasteiger partial charge in [-0.25, -0.2) is 4.39 Å². The smallest absolute Gasteiger partial charge is 0.264 e. The van der Waals surface area contributed by atoms with Crippen LogP contribution in [-0.2, 0) is 6.42 Å². The van der Waals surface area contributed by atoms with E-state index in [1.165, 1.54) is 12.1 Å². The van der Waals surface area contributed by atoms with E-state index in [-0.39, 0.29) is 34.4 Å². The number of H-pyrrole nitrogens is 1. The largest absolute Gasteiger partial charge is 0.453 e. The van der Waals surface area contributed by atoms with E-state index >= 15 is 4.39 Å². The van der Waals surface area contributed by atoms with Crippen molar-refractivity contribution in [3.63, 3.8) is 0 Å². The summed E-state index contributed by atoms with van der Waals surface area (Å²) >= 11 is 12.2. The Kier molecular flexibility index (Phi) is 5.44. The van der Waals surface area contributed by atoms with Crippen molar-refractivity contribution in [2.45, 2.75) is 13.3 Å². The minimum Gasteiger partial charge on any atom is -0.453 e. The molecule has 0 fully saturated rings. The van der Waals surface area contributed by atoms with Gasteiger partial charge in [0.05, 0.1) is 11.4 Å². The molecule has 0 atom stereocenters. The Labute approximate surface area is 198 Å². The lowest BCUT2D eigenvalue weighted by atomic mass is 10.1. The lowest BCUT2D eigenvalue weighted by Crippen LogP contribution is -1.98. The number of aromatic amines is 1. The monoisotopic (exact) mass is 482 g/mol.